The lowest BCUT2D eigenvalue weighted by Crippen LogP contribution is -1.95. The molecule has 0 unspecified atom stereocenters. The number of aryl methyl sites for hydroxylation is 1. The summed E-state index contributed by atoms with van der Waals surface area (Å²) in [5.74, 6) is 1.04. The van der Waals surface area contributed by atoms with E-state index in [2.05, 4.69) is 0 Å². The standard InChI is InChI=1S/C14H11NO4/c1-10-4-2-3-5-14(10)19-12-6-7-13(15(17)18)11(8-12)9-16/h2-9H,1H3. The van der Waals surface area contributed by atoms with E-state index in [1.54, 1.807) is 6.07 Å². The van der Waals surface area contributed by atoms with Gasteiger partial charge in [-0.1, -0.05) is 18.2 Å². The molecular formula is C14H11NO4. The Labute approximate surface area is 109 Å². The summed E-state index contributed by atoms with van der Waals surface area (Å²) in [5, 5.41) is 10.7. The minimum atomic E-state index is -0.596. The van der Waals surface area contributed by atoms with Gasteiger partial charge in [0.1, 0.15) is 11.5 Å². The normalized spacial score (nSPS) is 9.95. The lowest BCUT2D eigenvalue weighted by Gasteiger charge is -2.08. The van der Waals surface area contributed by atoms with E-state index in [9.17, 15) is 14.9 Å². The van der Waals surface area contributed by atoms with E-state index in [0.29, 0.717) is 17.8 Å². The van der Waals surface area contributed by atoms with Gasteiger partial charge in [-0.25, -0.2) is 0 Å². The number of carbonyl (C=O) groups is 1. The van der Waals surface area contributed by atoms with Crippen LogP contribution in [-0.4, -0.2) is 11.2 Å². The topological polar surface area (TPSA) is 69.4 Å². The van der Waals surface area contributed by atoms with Crippen LogP contribution < -0.4 is 4.74 Å². The van der Waals surface area contributed by atoms with E-state index in [1.807, 2.05) is 25.1 Å². The minimum absolute atomic E-state index is 0.00363. The second-order valence-corrected chi connectivity index (χ2v) is 3.96. The van der Waals surface area contributed by atoms with E-state index in [0.717, 1.165) is 5.56 Å². The van der Waals surface area contributed by atoms with E-state index in [-0.39, 0.29) is 11.3 Å². The molecule has 0 aliphatic rings. The molecule has 0 aliphatic carbocycles. The second kappa shape index (κ2) is 5.30. The van der Waals surface area contributed by atoms with Gasteiger partial charge in [-0.2, -0.15) is 0 Å². The number of benzene rings is 2. The van der Waals surface area contributed by atoms with Crippen LogP contribution in [-0.2, 0) is 0 Å². The molecule has 0 atom stereocenters. The first-order valence-electron chi connectivity index (χ1n) is 5.59. The Hall–Kier alpha value is -2.69. The smallest absolute Gasteiger partial charge is 0.280 e. The highest BCUT2D eigenvalue weighted by Crippen LogP contribution is 2.28. The average molecular weight is 257 g/mol. The number of nitrogens with zero attached hydrogens (tertiary/aromatic N) is 1. The van der Waals surface area contributed by atoms with Crippen molar-refractivity contribution in [2.45, 2.75) is 6.92 Å². The zero-order chi connectivity index (χ0) is 13.8. The van der Waals surface area contributed by atoms with Crippen LogP contribution in [0.15, 0.2) is 42.5 Å². The fourth-order valence-corrected chi connectivity index (χ4v) is 1.65. The molecule has 0 amide bonds. The van der Waals surface area contributed by atoms with Crippen LogP contribution in [0.25, 0.3) is 0 Å². The molecule has 5 heteroatoms. The van der Waals surface area contributed by atoms with Crippen molar-refractivity contribution in [3.8, 4) is 11.5 Å². The first-order valence-corrected chi connectivity index (χ1v) is 5.59. The van der Waals surface area contributed by atoms with E-state index >= 15 is 0 Å². The predicted octanol–water partition coefficient (Wildman–Crippen LogP) is 3.51. The molecule has 0 N–H and O–H groups in total. The summed E-state index contributed by atoms with van der Waals surface area (Å²) in [6, 6.07) is 11.5. The van der Waals surface area contributed by atoms with Gasteiger partial charge in [-0.3, -0.25) is 14.9 Å². The molecule has 2 rings (SSSR count). The van der Waals surface area contributed by atoms with Crippen LogP contribution in [0.2, 0.25) is 0 Å². The van der Waals surface area contributed by atoms with Crippen molar-refractivity contribution in [3.63, 3.8) is 0 Å². The largest absolute Gasteiger partial charge is 0.457 e. The maximum atomic E-state index is 10.8. The number of nitro groups is 1. The minimum Gasteiger partial charge on any atom is -0.457 e. The Morgan fingerprint density at radius 1 is 1.21 bits per heavy atom. The summed E-state index contributed by atoms with van der Waals surface area (Å²) in [7, 11) is 0. The Balaban J connectivity index is 2.35. The number of aldehydes is 1. The molecule has 0 bridgehead atoms. The number of rotatable bonds is 4. The summed E-state index contributed by atoms with van der Waals surface area (Å²) < 4.78 is 5.60. The van der Waals surface area contributed by atoms with Crippen LogP contribution in [0.3, 0.4) is 0 Å². The van der Waals surface area contributed by atoms with Gasteiger partial charge in [0.2, 0.25) is 0 Å². The van der Waals surface area contributed by atoms with Gasteiger partial charge in [-0.05, 0) is 30.7 Å². The fraction of sp³-hybridized carbons (Fsp3) is 0.0714. The van der Waals surface area contributed by atoms with Crippen molar-refractivity contribution in [3.05, 3.63) is 63.7 Å². The summed E-state index contributed by atoms with van der Waals surface area (Å²) in [6.07, 6.45) is 0.447. The third-order valence-corrected chi connectivity index (χ3v) is 2.64. The van der Waals surface area contributed by atoms with Crippen LogP contribution in [0, 0.1) is 17.0 Å². The Kier molecular flexibility index (Phi) is 3.56. The Morgan fingerprint density at radius 3 is 2.58 bits per heavy atom. The van der Waals surface area contributed by atoms with Gasteiger partial charge in [0, 0.05) is 6.07 Å². The predicted molar refractivity (Wildman–Crippen MR) is 69.7 cm³/mol. The number of carbonyl (C=O) groups excluding carboxylic acids is 1. The molecule has 0 saturated carbocycles. The Morgan fingerprint density at radius 2 is 1.95 bits per heavy atom. The average Bonchev–Trinajstić information content (AvgIpc) is 2.41. The lowest BCUT2D eigenvalue weighted by atomic mass is 10.2. The SMILES string of the molecule is Cc1ccccc1Oc1ccc([N+](=O)[O-])c(C=O)c1. The highest BCUT2D eigenvalue weighted by Gasteiger charge is 2.14. The molecular weight excluding hydrogens is 246 g/mol. The lowest BCUT2D eigenvalue weighted by molar-refractivity contribution is -0.385. The summed E-state index contributed by atoms with van der Waals surface area (Å²) in [5.41, 5.74) is 0.705. The van der Waals surface area contributed by atoms with Gasteiger partial charge < -0.3 is 4.74 Å². The van der Waals surface area contributed by atoms with Gasteiger partial charge in [0.15, 0.2) is 6.29 Å². The van der Waals surface area contributed by atoms with Gasteiger partial charge in [0.25, 0.3) is 5.69 Å². The van der Waals surface area contributed by atoms with Crippen molar-refractivity contribution < 1.29 is 14.5 Å². The van der Waals surface area contributed by atoms with Gasteiger partial charge in [0.05, 0.1) is 10.5 Å². The molecule has 19 heavy (non-hydrogen) atoms. The quantitative estimate of drug-likeness (QED) is 0.477. The molecule has 0 fully saturated rings. The van der Waals surface area contributed by atoms with Crippen molar-refractivity contribution in [2.24, 2.45) is 0 Å². The molecule has 0 heterocycles. The maximum Gasteiger partial charge on any atom is 0.280 e. The molecule has 0 spiro atoms. The fourth-order valence-electron chi connectivity index (χ4n) is 1.65. The molecule has 0 aromatic heterocycles. The summed E-state index contributed by atoms with van der Waals surface area (Å²) >= 11 is 0. The first kappa shape index (κ1) is 12.8. The third-order valence-electron chi connectivity index (χ3n) is 2.64. The highest BCUT2D eigenvalue weighted by molar-refractivity contribution is 5.82. The summed E-state index contributed by atoms with van der Waals surface area (Å²) in [4.78, 5) is 21.0. The van der Waals surface area contributed by atoms with Crippen molar-refractivity contribution >= 4 is 12.0 Å². The second-order valence-electron chi connectivity index (χ2n) is 3.96. The molecule has 2 aromatic carbocycles. The van der Waals surface area contributed by atoms with E-state index in [4.69, 9.17) is 4.74 Å². The molecule has 96 valence electrons. The molecule has 5 nitrogen and oxygen atoms in total. The maximum absolute atomic E-state index is 10.8. The van der Waals surface area contributed by atoms with Gasteiger partial charge in [-0.15, -0.1) is 0 Å². The van der Waals surface area contributed by atoms with Crippen LogP contribution in [0.1, 0.15) is 15.9 Å². The molecule has 0 aliphatic heterocycles. The van der Waals surface area contributed by atoms with Crippen molar-refractivity contribution in [1.82, 2.24) is 0 Å². The summed E-state index contributed by atoms with van der Waals surface area (Å²) in [6.45, 7) is 1.89. The van der Waals surface area contributed by atoms with Crippen LogP contribution >= 0.6 is 0 Å². The monoisotopic (exact) mass is 257 g/mol. The van der Waals surface area contributed by atoms with E-state index in [1.165, 1.54) is 18.2 Å². The number of hydrogen-bond acceptors (Lipinski definition) is 4. The molecule has 2 aromatic rings. The number of ether oxygens (including phenoxy) is 1. The van der Waals surface area contributed by atoms with E-state index < -0.39 is 4.92 Å². The van der Waals surface area contributed by atoms with Gasteiger partial charge >= 0.3 is 0 Å². The first-order chi connectivity index (χ1) is 9.11. The molecule has 0 saturated heterocycles. The Bertz CT molecular complexity index is 637. The number of para-hydroxylation sites is 1. The van der Waals surface area contributed by atoms with Crippen LogP contribution in [0.4, 0.5) is 5.69 Å². The zero-order valence-electron chi connectivity index (χ0n) is 10.2. The van der Waals surface area contributed by atoms with Crippen molar-refractivity contribution in [2.75, 3.05) is 0 Å². The highest BCUT2D eigenvalue weighted by atomic mass is 16.6. The zero-order valence-corrected chi connectivity index (χ0v) is 10.2. The van der Waals surface area contributed by atoms with Crippen molar-refractivity contribution in [1.29, 1.82) is 0 Å². The third kappa shape index (κ3) is 2.77. The van der Waals surface area contributed by atoms with Crippen LogP contribution in [0.5, 0.6) is 11.5 Å². The number of hydrogen-bond donors (Lipinski definition) is 0. The molecule has 0 radical (unpaired) electrons. The number of nitro benzene ring substituents is 1.